The lowest BCUT2D eigenvalue weighted by Crippen LogP contribution is -2.34. The molecule has 1 fully saturated rings. The second-order valence-electron chi connectivity index (χ2n) is 11.6. The van der Waals surface area contributed by atoms with Crippen LogP contribution in [0.2, 0.25) is 0 Å². The number of hydrogen-bond donors (Lipinski definition) is 2. The Labute approximate surface area is 268 Å². The average molecular weight is 624 g/mol. The number of benzene rings is 3. The lowest BCUT2D eigenvalue weighted by atomic mass is 10.0. The molecule has 5 aromatic rings. The third kappa shape index (κ3) is 7.16. The van der Waals surface area contributed by atoms with Crippen molar-refractivity contribution in [2.45, 2.75) is 51.7 Å². The van der Waals surface area contributed by atoms with Gasteiger partial charge in [0.25, 0.3) is 0 Å². The Morgan fingerprint density at radius 3 is 2.33 bits per heavy atom. The van der Waals surface area contributed by atoms with Gasteiger partial charge < -0.3 is 24.8 Å². The second kappa shape index (κ2) is 14.1. The van der Waals surface area contributed by atoms with Crippen LogP contribution in [0.25, 0.3) is 5.69 Å². The van der Waals surface area contributed by atoms with Gasteiger partial charge in [-0.25, -0.2) is 14.0 Å². The van der Waals surface area contributed by atoms with Crippen LogP contribution in [0.4, 0.5) is 11.4 Å². The van der Waals surface area contributed by atoms with E-state index in [0.29, 0.717) is 19.8 Å². The van der Waals surface area contributed by atoms with Gasteiger partial charge >= 0.3 is 5.69 Å². The SMILES string of the molecule is CCC(C)n1ncn(-c2ccc(NCCNc3ccc(OC[C@@H]4CO[C@@](Cn5cccn5)(c5ccc(C)cc5)O4)cc3)cc2)c1=O. The second-order valence-corrected chi connectivity index (χ2v) is 11.6. The van der Waals surface area contributed by atoms with Crippen LogP contribution in [0, 0.1) is 6.92 Å². The van der Waals surface area contributed by atoms with E-state index < -0.39 is 5.79 Å². The summed E-state index contributed by atoms with van der Waals surface area (Å²) in [5.41, 5.74) is 4.78. The minimum absolute atomic E-state index is 0.0668. The fourth-order valence-corrected chi connectivity index (χ4v) is 5.37. The zero-order valence-corrected chi connectivity index (χ0v) is 26.5. The van der Waals surface area contributed by atoms with Crippen molar-refractivity contribution < 1.29 is 14.2 Å². The Hall–Kier alpha value is -4.87. The Kier molecular flexibility index (Phi) is 9.51. The number of nitrogens with zero attached hydrogens (tertiary/aromatic N) is 5. The highest BCUT2D eigenvalue weighted by Gasteiger charge is 2.44. The van der Waals surface area contributed by atoms with E-state index in [1.54, 1.807) is 17.1 Å². The van der Waals surface area contributed by atoms with Gasteiger partial charge in [-0.15, -0.1) is 0 Å². The van der Waals surface area contributed by atoms with Crippen LogP contribution in [0.1, 0.15) is 37.4 Å². The molecule has 0 spiro atoms. The van der Waals surface area contributed by atoms with Gasteiger partial charge in [0.2, 0.25) is 5.79 Å². The van der Waals surface area contributed by atoms with E-state index >= 15 is 0 Å². The Morgan fingerprint density at radius 1 is 0.978 bits per heavy atom. The largest absolute Gasteiger partial charge is 0.491 e. The predicted molar refractivity (Wildman–Crippen MR) is 178 cm³/mol. The minimum atomic E-state index is -0.922. The molecule has 1 aliphatic rings. The molecule has 1 unspecified atom stereocenters. The summed E-state index contributed by atoms with van der Waals surface area (Å²) in [5.74, 6) is -0.157. The average Bonchev–Trinajstić information content (AvgIpc) is 3.84. The number of ether oxygens (including phenoxy) is 3. The van der Waals surface area contributed by atoms with E-state index in [1.165, 1.54) is 10.2 Å². The van der Waals surface area contributed by atoms with Crippen molar-refractivity contribution >= 4 is 11.4 Å². The van der Waals surface area contributed by atoms with Crippen LogP contribution < -0.4 is 21.1 Å². The first-order valence-corrected chi connectivity index (χ1v) is 15.8. The van der Waals surface area contributed by atoms with Crippen molar-refractivity contribution in [2.24, 2.45) is 0 Å². The van der Waals surface area contributed by atoms with Crippen LogP contribution in [0.15, 0.2) is 102 Å². The zero-order valence-electron chi connectivity index (χ0n) is 26.5. The van der Waals surface area contributed by atoms with Crippen LogP contribution in [0.3, 0.4) is 0 Å². The molecule has 0 radical (unpaired) electrons. The van der Waals surface area contributed by atoms with Crippen LogP contribution in [-0.2, 0) is 21.8 Å². The van der Waals surface area contributed by atoms with E-state index in [1.807, 2.05) is 79.3 Å². The molecular formula is C35H41N7O4. The molecule has 1 saturated heterocycles. The summed E-state index contributed by atoms with van der Waals surface area (Å²) in [5, 5.41) is 15.5. The highest BCUT2D eigenvalue weighted by Crippen LogP contribution is 2.36. The van der Waals surface area contributed by atoms with Crippen LogP contribution >= 0.6 is 0 Å². The first kappa shape index (κ1) is 31.1. The monoisotopic (exact) mass is 623 g/mol. The maximum absolute atomic E-state index is 12.7. The summed E-state index contributed by atoms with van der Waals surface area (Å²) >= 11 is 0. The van der Waals surface area contributed by atoms with Gasteiger partial charge in [0, 0.05) is 42.4 Å². The molecule has 1 aliphatic heterocycles. The van der Waals surface area contributed by atoms with Gasteiger partial charge in [0.15, 0.2) is 0 Å². The summed E-state index contributed by atoms with van der Waals surface area (Å²) in [7, 11) is 0. The van der Waals surface area contributed by atoms with Gasteiger partial charge in [0.1, 0.15) is 24.8 Å². The molecule has 46 heavy (non-hydrogen) atoms. The smallest absolute Gasteiger partial charge is 0.350 e. The third-order valence-corrected chi connectivity index (χ3v) is 8.20. The molecular weight excluding hydrogens is 582 g/mol. The summed E-state index contributed by atoms with van der Waals surface area (Å²) in [6.07, 6.45) is 5.87. The number of aromatic nitrogens is 5. The van der Waals surface area contributed by atoms with Gasteiger partial charge in [-0.3, -0.25) is 4.68 Å². The molecule has 11 heteroatoms. The Morgan fingerprint density at radius 2 is 1.67 bits per heavy atom. The highest BCUT2D eigenvalue weighted by atomic mass is 16.8. The van der Waals surface area contributed by atoms with Gasteiger partial charge in [0.05, 0.1) is 24.9 Å². The van der Waals surface area contributed by atoms with Crippen LogP contribution in [0.5, 0.6) is 5.75 Å². The van der Waals surface area contributed by atoms with E-state index in [9.17, 15) is 4.79 Å². The predicted octanol–water partition coefficient (Wildman–Crippen LogP) is 5.38. The van der Waals surface area contributed by atoms with Crippen molar-refractivity contribution in [2.75, 3.05) is 36.9 Å². The molecule has 2 aromatic heterocycles. The molecule has 0 amide bonds. The standard InChI is InChI=1S/C35H41N7O4/c1-4-27(3)42-34(43)41(25-39-42)31-14-10-29(11-15-31)36-19-20-37-30-12-16-32(17-13-30)44-22-33-23-45-35(46-33,24-40-21-5-18-38-40)28-8-6-26(2)7-9-28/h5-18,21,25,27,33,36-37H,4,19-20,22-24H2,1-3H3/t27?,33-,35-/m1/s1. The number of hydrogen-bond acceptors (Lipinski definition) is 8. The Bertz CT molecular complexity index is 1730. The van der Waals surface area contributed by atoms with Crippen molar-refractivity contribution in [3.8, 4) is 11.4 Å². The van der Waals surface area contributed by atoms with Crippen molar-refractivity contribution in [3.63, 3.8) is 0 Å². The van der Waals surface area contributed by atoms with Crippen LogP contribution in [-0.4, -0.2) is 56.5 Å². The molecule has 6 rings (SSSR count). The number of rotatable bonds is 14. The molecule has 2 N–H and O–H groups in total. The number of aryl methyl sites for hydroxylation is 1. The first-order valence-electron chi connectivity index (χ1n) is 15.8. The molecule has 0 saturated carbocycles. The quantitative estimate of drug-likeness (QED) is 0.159. The van der Waals surface area contributed by atoms with E-state index in [4.69, 9.17) is 14.2 Å². The zero-order chi connectivity index (χ0) is 31.9. The fraction of sp³-hybridized carbons (Fsp3) is 0.343. The van der Waals surface area contributed by atoms with Gasteiger partial charge in [-0.1, -0.05) is 36.8 Å². The van der Waals surface area contributed by atoms with E-state index in [0.717, 1.165) is 47.9 Å². The summed E-state index contributed by atoms with van der Waals surface area (Å²) in [4.78, 5) is 12.7. The molecule has 240 valence electrons. The van der Waals surface area contributed by atoms with E-state index in [2.05, 4.69) is 52.0 Å². The number of anilines is 2. The molecule has 11 nitrogen and oxygen atoms in total. The van der Waals surface area contributed by atoms with Crippen molar-refractivity contribution in [1.29, 1.82) is 0 Å². The molecule has 0 aliphatic carbocycles. The maximum atomic E-state index is 12.7. The lowest BCUT2D eigenvalue weighted by molar-refractivity contribution is -0.190. The summed E-state index contributed by atoms with van der Waals surface area (Å²) < 4.78 is 23.8. The van der Waals surface area contributed by atoms with Crippen molar-refractivity contribution in [1.82, 2.24) is 24.1 Å². The molecule has 3 aromatic carbocycles. The lowest BCUT2D eigenvalue weighted by Gasteiger charge is -2.28. The van der Waals surface area contributed by atoms with Gasteiger partial charge in [-0.2, -0.15) is 10.2 Å². The Balaban J connectivity index is 0.955. The number of nitrogens with one attached hydrogen (secondary N) is 2. The first-order chi connectivity index (χ1) is 22.4. The van der Waals surface area contributed by atoms with Gasteiger partial charge in [-0.05, 0) is 74.9 Å². The molecule has 3 heterocycles. The van der Waals surface area contributed by atoms with E-state index in [-0.39, 0.29) is 17.8 Å². The molecule has 3 atom stereocenters. The van der Waals surface area contributed by atoms with Crippen molar-refractivity contribution in [3.05, 3.63) is 119 Å². The minimum Gasteiger partial charge on any atom is -0.491 e. The summed E-state index contributed by atoms with van der Waals surface area (Å²) in [6.45, 7) is 8.80. The third-order valence-electron chi connectivity index (χ3n) is 8.20. The maximum Gasteiger partial charge on any atom is 0.350 e. The topological polar surface area (TPSA) is 109 Å². The fourth-order valence-electron chi connectivity index (χ4n) is 5.37. The molecule has 0 bridgehead atoms. The normalized spacial score (nSPS) is 18.4. The highest BCUT2D eigenvalue weighted by molar-refractivity contribution is 5.50. The summed E-state index contributed by atoms with van der Waals surface area (Å²) in [6, 6.07) is 25.9.